The van der Waals surface area contributed by atoms with Crippen LogP contribution in [-0.4, -0.2) is 39.1 Å². The van der Waals surface area contributed by atoms with E-state index in [4.69, 9.17) is 9.47 Å². The van der Waals surface area contributed by atoms with E-state index < -0.39 is 12.0 Å². The maximum absolute atomic E-state index is 13.1. The lowest BCUT2D eigenvalue weighted by Crippen LogP contribution is -2.30. The number of esters is 1. The van der Waals surface area contributed by atoms with E-state index in [1.54, 1.807) is 29.8 Å². The molecule has 3 aromatic rings. The third-order valence-corrected chi connectivity index (χ3v) is 4.75. The van der Waals surface area contributed by atoms with Crippen LogP contribution in [0.25, 0.3) is 5.70 Å². The van der Waals surface area contributed by atoms with Crippen LogP contribution in [-0.2, 0) is 9.53 Å². The maximum Gasteiger partial charge on any atom is 0.338 e. The second-order valence-corrected chi connectivity index (χ2v) is 6.59. The van der Waals surface area contributed by atoms with E-state index in [1.807, 2.05) is 37.3 Å². The topological polar surface area (TPSA) is 98.5 Å². The average Bonchev–Trinajstić information content (AvgIpc) is 3.23. The molecule has 0 bridgehead atoms. The Hall–Kier alpha value is -3.81. The Morgan fingerprint density at radius 1 is 1.17 bits per heavy atom. The smallest absolute Gasteiger partial charge is 0.338 e. The Balaban J connectivity index is 1.95. The number of benzene rings is 2. The van der Waals surface area contributed by atoms with Crippen molar-refractivity contribution in [1.82, 2.24) is 14.8 Å². The molecule has 30 heavy (non-hydrogen) atoms. The van der Waals surface area contributed by atoms with Gasteiger partial charge in [0.25, 0.3) is 0 Å². The summed E-state index contributed by atoms with van der Waals surface area (Å²) in [5.74, 6) is 0.400. The van der Waals surface area contributed by atoms with E-state index in [9.17, 15) is 9.90 Å². The van der Waals surface area contributed by atoms with Crippen molar-refractivity contribution in [1.29, 1.82) is 0 Å². The number of fused-ring (bicyclic) bond motifs is 1. The van der Waals surface area contributed by atoms with Crippen molar-refractivity contribution in [2.24, 2.45) is 0 Å². The predicted molar refractivity (Wildman–Crippen MR) is 111 cm³/mol. The summed E-state index contributed by atoms with van der Waals surface area (Å²) in [5.41, 5.74) is 2.53. The minimum absolute atomic E-state index is 0.0262. The normalized spacial score (nSPS) is 15.3. The van der Waals surface area contributed by atoms with Crippen LogP contribution in [0, 0.1) is 0 Å². The van der Waals surface area contributed by atoms with Crippen LogP contribution in [0.1, 0.15) is 31.0 Å². The third-order valence-electron chi connectivity index (χ3n) is 4.75. The van der Waals surface area contributed by atoms with E-state index >= 15 is 0 Å². The zero-order chi connectivity index (χ0) is 21.1. The fraction of sp³-hybridized carbons (Fsp3) is 0.227. The van der Waals surface area contributed by atoms with Gasteiger partial charge in [0.05, 0.1) is 24.5 Å². The summed E-state index contributed by atoms with van der Waals surface area (Å²) in [5, 5.41) is 17.7. The number of hydrogen-bond acceptors (Lipinski definition) is 7. The van der Waals surface area contributed by atoms with Crippen LogP contribution in [0.5, 0.6) is 11.5 Å². The zero-order valence-electron chi connectivity index (χ0n) is 16.7. The molecule has 2 aromatic carbocycles. The molecule has 0 fully saturated rings. The molecule has 0 radical (unpaired) electrons. The number of nitrogens with zero attached hydrogens (tertiary/aromatic N) is 3. The first-order valence-electron chi connectivity index (χ1n) is 9.73. The van der Waals surface area contributed by atoms with E-state index in [2.05, 4.69) is 15.4 Å². The number of carbonyl (C=O) groups is 1. The number of phenolic OH excluding ortho intramolecular Hbond substituents is 1. The third kappa shape index (κ3) is 3.47. The first kappa shape index (κ1) is 19.5. The van der Waals surface area contributed by atoms with Gasteiger partial charge in [-0.05, 0) is 37.1 Å². The van der Waals surface area contributed by atoms with Gasteiger partial charge in [-0.25, -0.2) is 9.48 Å². The second-order valence-electron chi connectivity index (χ2n) is 6.59. The van der Waals surface area contributed by atoms with Crippen molar-refractivity contribution in [3.8, 4) is 11.5 Å². The molecule has 0 spiro atoms. The second kappa shape index (κ2) is 8.28. The number of hydrogen-bond donors (Lipinski definition) is 2. The minimum atomic E-state index is -0.613. The van der Waals surface area contributed by atoms with E-state index in [1.165, 1.54) is 6.33 Å². The van der Waals surface area contributed by atoms with Gasteiger partial charge in [-0.3, -0.25) is 0 Å². The van der Waals surface area contributed by atoms with Gasteiger partial charge in [0.1, 0.15) is 12.4 Å². The molecular weight excluding hydrogens is 384 g/mol. The predicted octanol–water partition coefficient (Wildman–Crippen LogP) is 3.37. The number of anilines is 1. The Bertz CT molecular complexity index is 1090. The van der Waals surface area contributed by atoms with Crippen LogP contribution < -0.4 is 10.1 Å². The Morgan fingerprint density at radius 3 is 2.70 bits per heavy atom. The van der Waals surface area contributed by atoms with Gasteiger partial charge < -0.3 is 19.9 Å². The van der Waals surface area contributed by atoms with Gasteiger partial charge >= 0.3 is 5.97 Å². The van der Waals surface area contributed by atoms with Crippen LogP contribution >= 0.6 is 0 Å². The highest BCUT2D eigenvalue weighted by Crippen LogP contribution is 2.41. The van der Waals surface area contributed by atoms with Gasteiger partial charge in [0.15, 0.2) is 11.5 Å². The molecule has 8 nitrogen and oxygen atoms in total. The Kier molecular flexibility index (Phi) is 5.38. The molecule has 8 heteroatoms. The molecule has 2 heterocycles. The van der Waals surface area contributed by atoms with Crippen LogP contribution in [0.4, 0.5) is 5.95 Å². The number of carbonyl (C=O) groups excluding carboxylic acids is 1. The SMILES string of the molecule is CCOC(=O)C1=C(c2ccccc2)Nc2ncnn2[C@H]1c1ccc(O)c(OCC)c1. The molecule has 0 aliphatic carbocycles. The summed E-state index contributed by atoms with van der Waals surface area (Å²) in [6.45, 7) is 4.24. The molecule has 0 saturated heterocycles. The molecule has 1 atom stereocenters. The number of aromatic hydroxyl groups is 1. The molecule has 1 aliphatic rings. The number of aromatic nitrogens is 3. The van der Waals surface area contributed by atoms with Crippen molar-refractivity contribution in [2.45, 2.75) is 19.9 Å². The molecule has 0 saturated carbocycles. The van der Waals surface area contributed by atoms with Crippen LogP contribution in [0.15, 0.2) is 60.4 Å². The summed E-state index contributed by atoms with van der Waals surface area (Å²) in [6, 6.07) is 13.9. The monoisotopic (exact) mass is 406 g/mol. The summed E-state index contributed by atoms with van der Waals surface area (Å²) < 4.78 is 12.6. The average molecular weight is 406 g/mol. The van der Waals surface area contributed by atoms with Gasteiger partial charge in [-0.1, -0.05) is 36.4 Å². The van der Waals surface area contributed by atoms with Crippen LogP contribution in [0.3, 0.4) is 0 Å². The molecule has 1 aliphatic heterocycles. The number of ether oxygens (including phenoxy) is 2. The van der Waals surface area contributed by atoms with Gasteiger partial charge in [0, 0.05) is 0 Å². The van der Waals surface area contributed by atoms with Gasteiger partial charge in [0.2, 0.25) is 5.95 Å². The lowest BCUT2D eigenvalue weighted by molar-refractivity contribution is -0.138. The van der Waals surface area contributed by atoms with Crippen molar-refractivity contribution < 1.29 is 19.4 Å². The van der Waals surface area contributed by atoms with Crippen molar-refractivity contribution in [3.05, 3.63) is 71.6 Å². The molecule has 0 amide bonds. The van der Waals surface area contributed by atoms with E-state index in [0.29, 0.717) is 35.1 Å². The minimum Gasteiger partial charge on any atom is -0.504 e. The lowest BCUT2D eigenvalue weighted by atomic mass is 9.92. The van der Waals surface area contributed by atoms with Gasteiger partial charge in [-0.15, -0.1) is 0 Å². The molecular formula is C22H22N4O4. The largest absolute Gasteiger partial charge is 0.504 e. The zero-order valence-corrected chi connectivity index (χ0v) is 16.7. The highest BCUT2D eigenvalue weighted by molar-refractivity contribution is 6.02. The number of rotatable bonds is 6. The maximum atomic E-state index is 13.1. The Labute approximate surface area is 173 Å². The highest BCUT2D eigenvalue weighted by Gasteiger charge is 2.36. The summed E-state index contributed by atoms with van der Waals surface area (Å²) in [4.78, 5) is 17.4. The standard InChI is InChI=1S/C22H22N4O4/c1-3-29-17-12-15(10-11-16(17)27)20-18(21(28)30-4-2)19(14-8-6-5-7-9-14)25-22-23-13-24-26(20)22/h5-13,20,27H,3-4H2,1-2H3,(H,23,24,25)/t20-/m0/s1. The van der Waals surface area contributed by atoms with Crippen LogP contribution in [0.2, 0.25) is 0 Å². The van der Waals surface area contributed by atoms with E-state index in [-0.39, 0.29) is 12.4 Å². The molecule has 0 unspecified atom stereocenters. The van der Waals surface area contributed by atoms with Crippen molar-refractivity contribution in [3.63, 3.8) is 0 Å². The van der Waals surface area contributed by atoms with Gasteiger partial charge in [-0.2, -0.15) is 10.1 Å². The summed E-state index contributed by atoms with van der Waals surface area (Å²) in [6.07, 6.45) is 1.43. The fourth-order valence-electron chi connectivity index (χ4n) is 3.50. The number of nitrogens with one attached hydrogen (secondary N) is 1. The Morgan fingerprint density at radius 2 is 1.97 bits per heavy atom. The first-order chi connectivity index (χ1) is 14.6. The first-order valence-corrected chi connectivity index (χ1v) is 9.73. The number of phenols is 1. The summed E-state index contributed by atoms with van der Waals surface area (Å²) in [7, 11) is 0. The highest BCUT2D eigenvalue weighted by atomic mass is 16.5. The molecule has 2 N–H and O–H groups in total. The van der Waals surface area contributed by atoms with E-state index in [0.717, 1.165) is 5.56 Å². The quantitative estimate of drug-likeness (QED) is 0.606. The van der Waals surface area contributed by atoms with Crippen molar-refractivity contribution in [2.75, 3.05) is 18.5 Å². The fourth-order valence-corrected chi connectivity index (χ4v) is 3.50. The summed E-state index contributed by atoms with van der Waals surface area (Å²) >= 11 is 0. The lowest BCUT2D eigenvalue weighted by Gasteiger charge is -2.29. The molecule has 1 aromatic heterocycles. The molecule has 4 rings (SSSR count). The van der Waals surface area contributed by atoms with Crippen molar-refractivity contribution >= 4 is 17.6 Å². The molecule has 154 valence electrons.